The molecule has 0 spiro atoms. The second-order valence-corrected chi connectivity index (χ2v) is 7.22. The van der Waals surface area contributed by atoms with Crippen LogP contribution in [0.25, 0.3) is 0 Å². The Balaban J connectivity index is 1.55. The lowest BCUT2D eigenvalue weighted by atomic mass is 10.0. The lowest BCUT2D eigenvalue weighted by Gasteiger charge is -2.38. The van der Waals surface area contributed by atoms with Crippen molar-refractivity contribution in [1.29, 1.82) is 0 Å². The molecule has 1 aromatic carbocycles. The van der Waals surface area contributed by atoms with E-state index in [0.717, 1.165) is 36.1 Å². The average Bonchev–Trinajstić information content (AvgIpc) is 2.90. The first-order valence-electron chi connectivity index (χ1n) is 9.80. The van der Waals surface area contributed by atoms with Gasteiger partial charge in [-0.25, -0.2) is 0 Å². The minimum Gasteiger partial charge on any atom is -0.490 e. The van der Waals surface area contributed by atoms with Gasteiger partial charge in [-0.15, -0.1) is 0 Å². The van der Waals surface area contributed by atoms with E-state index in [1.54, 1.807) is 7.05 Å². The number of nitrogens with zero attached hydrogens (tertiary/aromatic N) is 2. The van der Waals surface area contributed by atoms with Crippen LogP contribution in [0.3, 0.4) is 0 Å². The lowest BCUT2D eigenvalue weighted by Crippen LogP contribution is -2.49. The maximum atomic E-state index is 5.76. The van der Waals surface area contributed by atoms with Crippen molar-refractivity contribution in [2.24, 2.45) is 4.99 Å². The van der Waals surface area contributed by atoms with E-state index in [-0.39, 0.29) is 0 Å². The number of guanidine groups is 1. The van der Waals surface area contributed by atoms with Gasteiger partial charge in [0.25, 0.3) is 0 Å². The number of anilines is 1. The van der Waals surface area contributed by atoms with Crippen molar-refractivity contribution in [3.63, 3.8) is 0 Å². The zero-order valence-electron chi connectivity index (χ0n) is 16.3. The highest BCUT2D eigenvalue weighted by atomic mass is 16.5. The van der Waals surface area contributed by atoms with Crippen molar-refractivity contribution in [3.05, 3.63) is 18.2 Å². The third-order valence-corrected chi connectivity index (χ3v) is 5.22. The van der Waals surface area contributed by atoms with Crippen molar-refractivity contribution in [2.75, 3.05) is 38.7 Å². The summed E-state index contributed by atoms with van der Waals surface area (Å²) in [6, 6.07) is 7.07. The van der Waals surface area contributed by atoms with Crippen LogP contribution in [0.5, 0.6) is 11.5 Å². The number of hydrogen-bond donors (Lipinski definition) is 2. The molecule has 2 aliphatic heterocycles. The summed E-state index contributed by atoms with van der Waals surface area (Å²) in [4.78, 5) is 6.95. The van der Waals surface area contributed by atoms with Gasteiger partial charge in [-0.1, -0.05) is 6.42 Å². The molecule has 2 unspecified atom stereocenters. The summed E-state index contributed by atoms with van der Waals surface area (Å²) < 4.78 is 11.4. The van der Waals surface area contributed by atoms with E-state index < -0.39 is 0 Å². The van der Waals surface area contributed by atoms with Gasteiger partial charge >= 0.3 is 0 Å². The van der Waals surface area contributed by atoms with Crippen molar-refractivity contribution < 1.29 is 9.47 Å². The Morgan fingerprint density at radius 2 is 2.04 bits per heavy atom. The minimum absolute atomic E-state index is 0.479. The number of ether oxygens (including phenoxy) is 2. The molecular weight excluding hydrogens is 328 g/mol. The van der Waals surface area contributed by atoms with E-state index in [2.05, 4.69) is 34.4 Å². The number of benzene rings is 1. The third-order valence-electron chi connectivity index (χ3n) is 5.22. The predicted octanol–water partition coefficient (Wildman–Crippen LogP) is 3.10. The maximum Gasteiger partial charge on any atom is 0.195 e. The molecule has 3 rings (SSSR count). The second-order valence-electron chi connectivity index (χ2n) is 7.22. The second kappa shape index (κ2) is 9.12. The summed E-state index contributed by atoms with van der Waals surface area (Å²) in [6.07, 6.45) is 4.87. The van der Waals surface area contributed by atoms with E-state index in [4.69, 9.17) is 9.47 Å². The average molecular weight is 361 g/mol. The van der Waals surface area contributed by atoms with Gasteiger partial charge in [-0.2, -0.15) is 0 Å². The molecule has 0 bridgehead atoms. The van der Waals surface area contributed by atoms with E-state index in [9.17, 15) is 0 Å². The molecule has 2 atom stereocenters. The normalized spacial score (nSPS) is 22.4. The smallest absolute Gasteiger partial charge is 0.195 e. The number of rotatable bonds is 4. The Bertz CT molecular complexity index is 620. The van der Waals surface area contributed by atoms with Gasteiger partial charge in [0.15, 0.2) is 17.5 Å². The third kappa shape index (κ3) is 4.81. The molecule has 0 radical (unpaired) electrons. The Kier molecular flexibility index (Phi) is 6.61. The molecule has 2 aliphatic rings. The zero-order valence-corrected chi connectivity index (χ0v) is 16.3. The number of nitrogens with one attached hydrogen (secondary N) is 2. The molecule has 0 aliphatic carbocycles. The summed E-state index contributed by atoms with van der Waals surface area (Å²) in [5.74, 6) is 2.37. The quantitative estimate of drug-likeness (QED) is 0.638. The summed E-state index contributed by atoms with van der Waals surface area (Å²) in [7, 11) is 1.80. The fourth-order valence-corrected chi connectivity index (χ4v) is 3.69. The van der Waals surface area contributed by atoms with E-state index >= 15 is 0 Å². The van der Waals surface area contributed by atoms with Crippen LogP contribution in [0.4, 0.5) is 5.69 Å². The first-order valence-corrected chi connectivity index (χ1v) is 9.80. The Morgan fingerprint density at radius 1 is 1.23 bits per heavy atom. The Morgan fingerprint density at radius 3 is 2.81 bits per heavy atom. The zero-order chi connectivity index (χ0) is 18.4. The lowest BCUT2D eigenvalue weighted by molar-refractivity contribution is 0.116. The van der Waals surface area contributed by atoms with Gasteiger partial charge < -0.3 is 20.1 Å². The van der Waals surface area contributed by atoms with Crippen LogP contribution in [-0.2, 0) is 0 Å². The van der Waals surface area contributed by atoms with E-state index in [1.807, 2.05) is 18.2 Å². The fraction of sp³-hybridized carbons (Fsp3) is 0.650. The number of aliphatic imine (C=N–C) groups is 1. The molecule has 1 saturated heterocycles. The standard InChI is InChI=1S/C20H32N4O2/c1-15-7-4-5-10-24(15)16(2)14-22-20(21-3)23-17-8-9-18-19(13-17)26-12-6-11-25-18/h8-9,13,15-16H,4-7,10-12,14H2,1-3H3,(H2,21,22,23). The number of likely N-dealkylation sites (tertiary alicyclic amines) is 1. The highest BCUT2D eigenvalue weighted by molar-refractivity contribution is 5.93. The Labute approximate surface area is 157 Å². The molecule has 0 saturated carbocycles. The summed E-state index contributed by atoms with van der Waals surface area (Å²) in [6.45, 7) is 8.08. The first kappa shape index (κ1) is 18.8. The maximum absolute atomic E-state index is 5.76. The van der Waals surface area contributed by atoms with Gasteiger partial charge in [0.05, 0.1) is 13.2 Å². The van der Waals surface area contributed by atoms with Crippen LogP contribution in [0, 0.1) is 0 Å². The molecule has 2 N–H and O–H groups in total. The van der Waals surface area contributed by atoms with E-state index in [1.165, 1.54) is 25.8 Å². The number of hydrogen-bond acceptors (Lipinski definition) is 4. The SMILES string of the molecule is CN=C(NCC(C)N1CCCCC1C)Nc1ccc2c(c1)OCCCO2. The van der Waals surface area contributed by atoms with Crippen LogP contribution in [0.1, 0.15) is 39.5 Å². The van der Waals surface area contributed by atoms with Gasteiger partial charge in [0.1, 0.15) is 0 Å². The molecule has 26 heavy (non-hydrogen) atoms. The molecule has 0 aromatic heterocycles. The van der Waals surface area contributed by atoms with Crippen molar-refractivity contribution in [2.45, 2.75) is 51.6 Å². The molecule has 1 fully saturated rings. The van der Waals surface area contributed by atoms with Gasteiger partial charge in [0.2, 0.25) is 0 Å². The predicted molar refractivity (Wildman–Crippen MR) is 107 cm³/mol. The van der Waals surface area contributed by atoms with Gasteiger partial charge in [-0.3, -0.25) is 9.89 Å². The van der Waals surface area contributed by atoms with Gasteiger partial charge in [0, 0.05) is 43.9 Å². The van der Waals surface area contributed by atoms with Crippen LogP contribution in [-0.4, -0.2) is 56.3 Å². The molecular formula is C20H32N4O2. The van der Waals surface area contributed by atoms with Crippen molar-refractivity contribution in [1.82, 2.24) is 10.2 Å². The van der Waals surface area contributed by atoms with Crippen molar-refractivity contribution in [3.8, 4) is 11.5 Å². The fourth-order valence-electron chi connectivity index (χ4n) is 3.69. The van der Waals surface area contributed by atoms with Crippen LogP contribution >= 0.6 is 0 Å². The summed E-state index contributed by atoms with van der Waals surface area (Å²) >= 11 is 0. The summed E-state index contributed by atoms with van der Waals surface area (Å²) in [5.41, 5.74) is 0.946. The highest BCUT2D eigenvalue weighted by Gasteiger charge is 2.23. The minimum atomic E-state index is 0.479. The summed E-state index contributed by atoms with van der Waals surface area (Å²) in [5, 5.41) is 6.81. The first-order chi connectivity index (χ1) is 12.7. The molecule has 6 heteroatoms. The number of fused-ring (bicyclic) bond motifs is 1. The van der Waals surface area contributed by atoms with Crippen LogP contribution in [0.15, 0.2) is 23.2 Å². The topological polar surface area (TPSA) is 58.1 Å². The molecule has 6 nitrogen and oxygen atoms in total. The van der Waals surface area contributed by atoms with Crippen LogP contribution < -0.4 is 20.1 Å². The number of piperidine rings is 1. The van der Waals surface area contributed by atoms with E-state index in [0.29, 0.717) is 25.3 Å². The Hall–Kier alpha value is -1.95. The largest absolute Gasteiger partial charge is 0.490 e. The molecule has 1 aromatic rings. The molecule has 0 amide bonds. The highest BCUT2D eigenvalue weighted by Crippen LogP contribution is 2.32. The van der Waals surface area contributed by atoms with Crippen molar-refractivity contribution >= 4 is 11.6 Å². The molecule has 144 valence electrons. The monoisotopic (exact) mass is 360 g/mol. The molecule has 2 heterocycles. The van der Waals surface area contributed by atoms with Crippen LogP contribution in [0.2, 0.25) is 0 Å². The van der Waals surface area contributed by atoms with Gasteiger partial charge in [-0.05, 0) is 45.4 Å².